The van der Waals surface area contributed by atoms with Gasteiger partial charge in [-0.15, -0.1) is 11.3 Å². The maximum absolute atomic E-state index is 11.6. The van der Waals surface area contributed by atoms with Crippen LogP contribution in [-0.2, 0) is 4.74 Å². The zero-order chi connectivity index (χ0) is 14.0. The van der Waals surface area contributed by atoms with E-state index in [0.29, 0.717) is 16.8 Å². The van der Waals surface area contributed by atoms with Gasteiger partial charge in [-0.05, 0) is 26.0 Å². The third kappa shape index (κ3) is 2.74. The fourth-order valence-electron chi connectivity index (χ4n) is 1.73. The van der Waals surface area contributed by atoms with Crippen molar-refractivity contribution in [3.8, 4) is 0 Å². The summed E-state index contributed by atoms with van der Waals surface area (Å²) >= 11 is 7.39. The second kappa shape index (κ2) is 5.63. The number of imidazole rings is 1. The van der Waals surface area contributed by atoms with Crippen molar-refractivity contribution in [2.75, 3.05) is 12.3 Å². The number of nitrogen functional groups attached to an aromatic ring is 1. The Morgan fingerprint density at radius 3 is 2.95 bits per heavy atom. The summed E-state index contributed by atoms with van der Waals surface area (Å²) < 4.78 is 7.34. The maximum atomic E-state index is 11.6. The molecule has 2 heterocycles. The fourth-order valence-corrected chi connectivity index (χ4v) is 2.84. The van der Waals surface area contributed by atoms with Crippen LogP contribution in [0, 0.1) is 0 Å². The van der Waals surface area contributed by atoms with Crippen LogP contribution < -0.4 is 5.73 Å². The topological polar surface area (TPSA) is 70.1 Å². The van der Waals surface area contributed by atoms with E-state index in [1.54, 1.807) is 17.8 Å². The molecule has 102 valence electrons. The van der Waals surface area contributed by atoms with E-state index in [0.717, 1.165) is 4.88 Å². The van der Waals surface area contributed by atoms with Gasteiger partial charge in [0, 0.05) is 4.88 Å². The summed E-state index contributed by atoms with van der Waals surface area (Å²) in [6, 6.07) is 3.73. The number of nitrogens with zero attached hydrogens (tertiary/aromatic N) is 2. The largest absolute Gasteiger partial charge is 0.461 e. The molecule has 1 atom stereocenters. The molecule has 0 spiro atoms. The minimum absolute atomic E-state index is 0.0341. The first kappa shape index (κ1) is 13.9. The molecule has 0 saturated heterocycles. The third-order valence-electron chi connectivity index (χ3n) is 2.72. The number of ether oxygens (including phenoxy) is 1. The van der Waals surface area contributed by atoms with Crippen molar-refractivity contribution in [2.24, 2.45) is 0 Å². The molecule has 2 N–H and O–H groups in total. The molecule has 0 aliphatic rings. The Balaban J connectivity index is 2.29. The average molecular weight is 300 g/mol. The standard InChI is InChI=1S/C12H14ClN3O2S/c1-3-18-12(17)10-11(14)16(6-15-10)7(2)8-4-5-9(13)19-8/h4-7H,3,14H2,1-2H3. The Morgan fingerprint density at radius 2 is 2.37 bits per heavy atom. The molecule has 7 heteroatoms. The highest BCUT2D eigenvalue weighted by Crippen LogP contribution is 2.31. The zero-order valence-corrected chi connectivity index (χ0v) is 12.2. The molecule has 0 aliphatic carbocycles. The third-order valence-corrected chi connectivity index (χ3v) is 4.13. The van der Waals surface area contributed by atoms with Crippen molar-refractivity contribution in [1.29, 1.82) is 0 Å². The number of hydrogen-bond acceptors (Lipinski definition) is 5. The lowest BCUT2D eigenvalue weighted by molar-refractivity contribution is 0.0521. The SMILES string of the molecule is CCOC(=O)c1ncn(C(C)c2ccc(Cl)s2)c1N. The van der Waals surface area contributed by atoms with Gasteiger partial charge in [-0.2, -0.15) is 0 Å². The molecule has 2 aromatic heterocycles. The molecule has 2 rings (SSSR count). The molecule has 0 fully saturated rings. The van der Waals surface area contributed by atoms with E-state index in [4.69, 9.17) is 22.1 Å². The Kier molecular flexibility index (Phi) is 4.11. The lowest BCUT2D eigenvalue weighted by atomic mass is 10.2. The van der Waals surface area contributed by atoms with E-state index < -0.39 is 5.97 Å². The summed E-state index contributed by atoms with van der Waals surface area (Å²) in [6.45, 7) is 4.00. The van der Waals surface area contributed by atoms with Gasteiger partial charge in [-0.3, -0.25) is 0 Å². The second-order valence-electron chi connectivity index (χ2n) is 3.92. The Labute approximate surface area is 120 Å². The lowest BCUT2D eigenvalue weighted by Crippen LogP contribution is -2.12. The van der Waals surface area contributed by atoms with Gasteiger partial charge in [-0.1, -0.05) is 11.6 Å². The smallest absolute Gasteiger partial charge is 0.360 e. The molecule has 0 saturated carbocycles. The first-order valence-corrected chi connectivity index (χ1v) is 6.98. The van der Waals surface area contributed by atoms with Gasteiger partial charge in [0.1, 0.15) is 5.82 Å². The molecule has 0 aromatic carbocycles. The summed E-state index contributed by atoms with van der Waals surface area (Å²) in [5.41, 5.74) is 6.10. The molecule has 19 heavy (non-hydrogen) atoms. The molecule has 5 nitrogen and oxygen atoms in total. The summed E-state index contributed by atoms with van der Waals surface area (Å²) in [7, 11) is 0. The molecule has 1 unspecified atom stereocenters. The number of thiophene rings is 1. The van der Waals surface area contributed by atoms with Gasteiger partial charge in [0.15, 0.2) is 5.69 Å². The molecule has 0 aliphatic heterocycles. The number of rotatable bonds is 4. The van der Waals surface area contributed by atoms with E-state index in [1.165, 1.54) is 11.3 Å². The number of aromatic nitrogens is 2. The monoisotopic (exact) mass is 299 g/mol. The first-order valence-electron chi connectivity index (χ1n) is 5.79. The first-order chi connectivity index (χ1) is 9.04. The molecule has 2 aromatic rings. The van der Waals surface area contributed by atoms with E-state index in [-0.39, 0.29) is 11.7 Å². The second-order valence-corrected chi connectivity index (χ2v) is 5.67. The molecule has 0 radical (unpaired) electrons. The molecular weight excluding hydrogens is 286 g/mol. The number of esters is 1. The van der Waals surface area contributed by atoms with Crippen LogP contribution in [0.25, 0.3) is 0 Å². The van der Waals surface area contributed by atoms with Crippen LogP contribution in [0.15, 0.2) is 18.5 Å². The number of nitrogens with two attached hydrogens (primary N) is 1. The number of hydrogen-bond donors (Lipinski definition) is 1. The summed E-state index contributed by atoms with van der Waals surface area (Å²) in [5, 5.41) is 0. The summed E-state index contributed by atoms with van der Waals surface area (Å²) in [6.07, 6.45) is 1.54. The maximum Gasteiger partial charge on any atom is 0.360 e. The van der Waals surface area contributed by atoms with Crippen LogP contribution >= 0.6 is 22.9 Å². The van der Waals surface area contributed by atoms with E-state index in [2.05, 4.69) is 4.98 Å². The van der Waals surface area contributed by atoms with Gasteiger partial charge in [0.25, 0.3) is 0 Å². The normalized spacial score (nSPS) is 12.4. The van der Waals surface area contributed by atoms with Crippen LogP contribution in [0.2, 0.25) is 4.34 Å². The Bertz CT molecular complexity index is 594. The minimum Gasteiger partial charge on any atom is -0.461 e. The van der Waals surface area contributed by atoms with E-state index in [9.17, 15) is 4.79 Å². The number of halogens is 1. The van der Waals surface area contributed by atoms with Crippen molar-refractivity contribution < 1.29 is 9.53 Å². The molecule has 0 bridgehead atoms. The van der Waals surface area contributed by atoms with Crippen molar-refractivity contribution in [3.63, 3.8) is 0 Å². The number of anilines is 1. The fraction of sp³-hybridized carbons (Fsp3) is 0.333. The van der Waals surface area contributed by atoms with Crippen LogP contribution in [-0.4, -0.2) is 22.1 Å². The average Bonchev–Trinajstić information content (AvgIpc) is 2.95. The van der Waals surface area contributed by atoms with Crippen LogP contribution in [0.5, 0.6) is 0 Å². The van der Waals surface area contributed by atoms with Crippen molar-refractivity contribution in [2.45, 2.75) is 19.9 Å². The van der Waals surface area contributed by atoms with Crippen LogP contribution in [0.4, 0.5) is 5.82 Å². The number of carbonyl (C=O) groups is 1. The summed E-state index contributed by atoms with van der Waals surface area (Å²) in [4.78, 5) is 16.7. The van der Waals surface area contributed by atoms with E-state index in [1.807, 2.05) is 19.1 Å². The Hall–Kier alpha value is -1.53. The van der Waals surface area contributed by atoms with Gasteiger partial charge in [-0.25, -0.2) is 9.78 Å². The highest BCUT2D eigenvalue weighted by Gasteiger charge is 2.20. The lowest BCUT2D eigenvalue weighted by Gasteiger charge is -2.13. The van der Waals surface area contributed by atoms with E-state index >= 15 is 0 Å². The van der Waals surface area contributed by atoms with Crippen molar-refractivity contribution >= 4 is 34.7 Å². The van der Waals surface area contributed by atoms with Crippen molar-refractivity contribution in [3.05, 3.63) is 33.4 Å². The minimum atomic E-state index is -0.504. The van der Waals surface area contributed by atoms with Crippen LogP contribution in [0.3, 0.4) is 0 Å². The Morgan fingerprint density at radius 1 is 1.63 bits per heavy atom. The van der Waals surface area contributed by atoms with Gasteiger partial charge in [0.05, 0.1) is 23.3 Å². The highest BCUT2D eigenvalue weighted by molar-refractivity contribution is 7.16. The highest BCUT2D eigenvalue weighted by atomic mass is 35.5. The predicted molar refractivity (Wildman–Crippen MR) is 75.7 cm³/mol. The van der Waals surface area contributed by atoms with Gasteiger partial charge in [0.2, 0.25) is 0 Å². The molecule has 0 amide bonds. The van der Waals surface area contributed by atoms with Gasteiger partial charge < -0.3 is 15.0 Å². The van der Waals surface area contributed by atoms with Crippen molar-refractivity contribution in [1.82, 2.24) is 9.55 Å². The summed E-state index contributed by atoms with van der Waals surface area (Å²) in [5.74, 6) is -0.203. The van der Waals surface area contributed by atoms with Crippen LogP contribution in [0.1, 0.15) is 35.3 Å². The predicted octanol–water partition coefficient (Wildman–Crippen LogP) is 2.97. The quantitative estimate of drug-likeness (QED) is 0.881. The zero-order valence-electron chi connectivity index (χ0n) is 10.6. The van der Waals surface area contributed by atoms with Gasteiger partial charge >= 0.3 is 5.97 Å². The number of carbonyl (C=O) groups excluding carboxylic acids is 1. The molecular formula is C12H14ClN3O2S.